The zero-order valence-electron chi connectivity index (χ0n) is 14.5. The zero-order valence-corrected chi connectivity index (χ0v) is 16.9. The summed E-state index contributed by atoms with van der Waals surface area (Å²) < 4.78 is 6.16. The lowest BCUT2D eigenvalue weighted by atomic mass is 10.1. The van der Waals surface area contributed by atoms with E-state index in [4.69, 9.17) is 4.52 Å². The summed E-state index contributed by atoms with van der Waals surface area (Å²) >= 11 is 4.89. The molecule has 26 heavy (non-hydrogen) atoms. The van der Waals surface area contributed by atoms with Gasteiger partial charge in [-0.3, -0.25) is 4.79 Å². The molecule has 7 heteroatoms. The summed E-state index contributed by atoms with van der Waals surface area (Å²) in [4.78, 5) is 16.5. The molecule has 0 saturated heterocycles. The summed E-state index contributed by atoms with van der Waals surface area (Å²) in [5.41, 5.74) is 3.94. The van der Waals surface area contributed by atoms with E-state index in [1.807, 2.05) is 56.3 Å². The molecule has 1 heterocycles. The third kappa shape index (κ3) is 4.74. The molecule has 0 spiro atoms. The standard InChI is InChI=1S/C19H18BrN3O2S/c1-12-7-8-16(15(20)9-12)21-17(24)10-26-11-18-22-19(23-25-18)14-6-4-3-5-13(14)2/h3-9H,10-11H2,1-2H3,(H,21,24). The molecule has 1 aromatic heterocycles. The Morgan fingerprint density at radius 3 is 2.81 bits per heavy atom. The third-order valence-corrected chi connectivity index (χ3v) is 5.28. The molecule has 1 N–H and O–H groups in total. The van der Waals surface area contributed by atoms with Gasteiger partial charge in [0.05, 0.1) is 17.2 Å². The monoisotopic (exact) mass is 431 g/mol. The Kier molecular flexibility index (Phi) is 6.11. The fraction of sp³-hybridized carbons (Fsp3) is 0.211. The number of carbonyl (C=O) groups is 1. The summed E-state index contributed by atoms with van der Waals surface area (Å²) in [6.45, 7) is 4.01. The first kappa shape index (κ1) is 18.7. The molecule has 0 unspecified atom stereocenters. The highest BCUT2D eigenvalue weighted by molar-refractivity contribution is 9.10. The number of carbonyl (C=O) groups excluding carboxylic acids is 1. The van der Waals surface area contributed by atoms with Gasteiger partial charge in [0, 0.05) is 10.0 Å². The topological polar surface area (TPSA) is 68.0 Å². The van der Waals surface area contributed by atoms with Gasteiger partial charge in [-0.25, -0.2) is 0 Å². The van der Waals surface area contributed by atoms with Gasteiger partial charge in [0.15, 0.2) is 0 Å². The van der Waals surface area contributed by atoms with Crippen LogP contribution in [0.15, 0.2) is 51.5 Å². The van der Waals surface area contributed by atoms with E-state index in [1.165, 1.54) is 11.8 Å². The summed E-state index contributed by atoms with van der Waals surface area (Å²) in [5, 5.41) is 6.92. The minimum Gasteiger partial charge on any atom is -0.338 e. The molecule has 1 amide bonds. The lowest BCUT2D eigenvalue weighted by molar-refractivity contribution is -0.113. The van der Waals surface area contributed by atoms with E-state index in [0.29, 0.717) is 23.2 Å². The molecule has 0 saturated carbocycles. The summed E-state index contributed by atoms with van der Waals surface area (Å²) in [6, 6.07) is 13.7. The largest absolute Gasteiger partial charge is 0.338 e. The van der Waals surface area contributed by atoms with Crippen LogP contribution in [0.1, 0.15) is 17.0 Å². The minimum atomic E-state index is -0.0711. The lowest BCUT2D eigenvalue weighted by Gasteiger charge is -2.07. The predicted molar refractivity (Wildman–Crippen MR) is 108 cm³/mol. The van der Waals surface area contributed by atoms with E-state index in [-0.39, 0.29) is 5.91 Å². The highest BCUT2D eigenvalue weighted by Gasteiger charge is 2.12. The first-order valence-corrected chi connectivity index (χ1v) is 10.00. The van der Waals surface area contributed by atoms with Gasteiger partial charge in [-0.1, -0.05) is 35.5 Å². The fourth-order valence-corrected chi connectivity index (χ4v) is 3.63. The normalized spacial score (nSPS) is 10.7. The van der Waals surface area contributed by atoms with E-state index in [0.717, 1.165) is 26.9 Å². The Morgan fingerprint density at radius 1 is 1.23 bits per heavy atom. The number of aryl methyl sites for hydroxylation is 2. The number of thioether (sulfide) groups is 1. The van der Waals surface area contributed by atoms with Crippen molar-refractivity contribution < 1.29 is 9.32 Å². The number of nitrogens with one attached hydrogen (secondary N) is 1. The van der Waals surface area contributed by atoms with Crippen molar-refractivity contribution in [2.45, 2.75) is 19.6 Å². The number of amides is 1. The van der Waals surface area contributed by atoms with E-state index in [9.17, 15) is 4.79 Å². The van der Waals surface area contributed by atoms with Crippen LogP contribution in [0.4, 0.5) is 5.69 Å². The average Bonchev–Trinajstić information content (AvgIpc) is 3.06. The van der Waals surface area contributed by atoms with Crippen LogP contribution in [-0.4, -0.2) is 21.8 Å². The summed E-state index contributed by atoms with van der Waals surface area (Å²) in [6.07, 6.45) is 0. The molecule has 134 valence electrons. The minimum absolute atomic E-state index is 0.0711. The number of benzene rings is 2. The van der Waals surface area contributed by atoms with E-state index >= 15 is 0 Å². The Labute approximate surface area is 164 Å². The van der Waals surface area contributed by atoms with Crippen molar-refractivity contribution in [3.63, 3.8) is 0 Å². The molecular weight excluding hydrogens is 414 g/mol. The summed E-state index contributed by atoms with van der Waals surface area (Å²) in [5.74, 6) is 1.81. The second kappa shape index (κ2) is 8.51. The molecular formula is C19H18BrN3O2S. The Morgan fingerprint density at radius 2 is 2.04 bits per heavy atom. The number of hydrogen-bond acceptors (Lipinski definition) is 5. The van der Waals surface area contributed by atoms with Crippen molar-refractivity contribution in [3.05, 3.63) is 64.0 Å². The second-order valence-electron chi connectivity index (χ2n) is 5.85. The molecule has 5 nitrogen and oxygen atoms in total. The Hall–Kier alpha value is -2.12. The molecule has 0 aliphatic rings. The van der Waals surface area contributed by atoms with Gasteiger partial charge >= 0.3 is 0 Å². The van der Waals surface area contributed by atoms with Crippen LogP contribution in [0.5, 0.6) is 0 Å². The smallest absolute Gasteiger partial charge is 0.236 e. The number of halogens is 1. The Balaban J connectivity index is 1.52. The van der Waals surface area contributed by atoms with Crippen LogP contribution < -0.4 is 5.32 Å². The highest BCUT2D eigenvalue weighted by Crippen LogP contribution is 2.24. The van der Waals surface area contributed by atoms with E-state index in [2.05, 4.69) is 31.4 Å². The SMILES string of the molecule is Cc1ccc(NC(=O)CSCc2nc(-c3ccccc3C)no2)c(Br)c1. The van der Waals surface area contributed by atoms with Crippen LogP contribution in [0.2, 0.25) is 0 Å². The van der Waals surface area contributed by atoms with Gasteiger partial charge in [0.1, 0.15) is 0 Å². The van der Waals surface area contributed by atoms with Crippen molar-refractivity contribution in [2.24, 2.45) is 0 Å². The van der Waals surface area contributed by atoms with Crippen molar-refractivity contribution >= 4 is 39.3 Å². The molecule has 0 atom stereocenters. The van der Waals surface area contributed by atoms with Crippen LogP contribution in [0.25, 0.3) is 11.4 Å². The number of anilines is 1. The molecule has 0 radical (unpaired) electrons. The fourth-order valence-electron chi connectivity index (χ4n) is 2.39. The van der Waals surface area contributed by atoms with Crippen molar-refractivity contribution in [2.75, 3.05) is 11.1 Å². The molecule has 0 fully saturated rings. The molecule has 0 bridgehead atoms. The van der Waals surface area contributed by atoms with Crippen LogP contribution >= 0.6 is 27.7 Å². The molecule has 3 aromatic rings. The average molecular weight is 432 g/mol. The number of rotatable bonds is 6. The van der Waals surface area contributed by atoms with Gasteiger partial charge in [0.2, 0.25) is 17.6 Å². The maximum atomic E-state index is 12.1. The van der Waals surface area contributed by atoms with Gasteiger partial charge in [0.25, 0.3) is 0 Å². The van der Waals surface area contributed by atoms with Gasteiger partial charge in [-0.15, -0.1) is 11.8 Å². The quantitative estimate of drug-likeness (QED) is 0.595. The molecule has 0 aliphatic carbocycles. The van der Waals surface area contributed by atoms with Crippen LogP contribution in [-0.2, 0) is 10.5 Å². The highest BCUT2D eigenvalue weighted by atomic mass is 79.9. The number of hydrogen-bond donors (Lipinski definition) is 1. The second-order valence-corrected chi connectivity index (χ2v) is 7.69. The van der Waals surface area contributed by atoms with E-state index in [1.54, 1.807) is 0 Å². The third-order valence-electron chi connectivity index (χ3n) is 3.71. The first-order valence-electron chi connectivity index (χ1n) is 8.05. The van der Waals surface area contributed by atoms with Gasteiger partial charge < -0.3 is 9.84 Å². The summed E-state index contributed by atoms with van der Waals surface area (Å²) in [7, 11) is 0. The van der Waals surface area contributed by atoms with Crippen LogP contribution in [0, 0.1) is 13.8 Å². The van der Waals surface area contributed by atoms with Gasteiger partial charge in [-0.2, -0.15) is 4.98 Å². The molecule has 3 rings (SSSR count). The maximum absolute atomic E-state index is 12.1. The van der Waals surface area contributed by atoms with Crippen molar-refractivity contribution in [3.8, 4) is 11.4 Å². The maximum Gasteiger partial charge on any atom is 0.236 e. The zero-order chi connectivity index (χ0) is 18.5. The molecule has 2 aromatic carbocycles. The van der Waals surface area contributed by atoms with Gasteiger partial charge in [-0.05, 0) is 53.0 Å². The van der Waals surface area contributed by atoms with Crippen molar-refractivity contribution in [1.29, 1.82) is 0 Å². The predicted octanol–water partition coefficient (Wildman–Crippen LogP) is 4.99. The van der Waals surface area contributed by atoms with Crippen molar-refractivity contribution in [1.82, 2.24) is 10.1 Å². The van der Waals surface area contributed by atoms with E-state index < -0.39 is 0 Å². The first-order chi connectivity index (χ1) is 12.5. The number of aromatic nitrogens is 2. The number of nitrogens with zero attached hydrogens (tertiary/aromatic N) is 2. The lowest BCUT2D eigenvalue weighted by Crippen LogP contribution is -2.14. The molecule has 0 aliphatic heterocycles. The Bertz CT molecular complexity index is 927. The van der Waals surface area contributed by atoms with Crippen LogP contribution in [0.3, 0.4) is 0 Å².